The fourth-order valence-corrected chi connectivity index (χ4v) is 7.24. The molecule has 0 saturated heterocycles. The molecule has 27 nitrogen and oxygen atoms in total. The van der Waals surface area contributed by atoms with Gasteiger partial charge in [-0.15, -0.1) is 0 Å². The summed E-state index contributed by atoms with van der Waals surface area (Å²) in [6, 6.07) is 0. The van der Waals surface area contributed by atoms with Crippen LogP contribution in [0.25, 0.3) is 0 Å². The van der Waals surface area contributed by atoms with E-state index in [-0.39, 0.29) is 0 Å². The van der Waals surface area contributed by atoms with Crippen LogP contribution in [-0.4, -0.2) is 36.6 Å². The van der Waals surface area contributed by atoms with E-state index in [9.17, 15) is 95.6 Å². The molecular weight excluding hydrogens is 721 g/mol. The summed E-state index contributed by atoms with van der Waals surface area (Å²) in [5.74, 6) is 0. The fraction of sp³-hybridized carbons (Fsp3) is 1.00. The minimum Gasteiger partial charge on any atom is -0.790 e. The van der Waals surface area contributed by atoms with Gasteiger partial charge in [-0.1, -0.05) is 0 Å². The van der Waals surface area contributed by atoms with E-state index in [1.54, 1.807) is 0 Å². The molecule has 0 radical (unpaired) electrons. The van der Waals surface area contributed by atoms with Crippen molar-refractivity contribution >= 4 is 54.8 Å². The SMILES string of the molecule is O=P([O-])([O-])OC1[C@@H](OP(=O)([O-])[O-])[C@@H](OP(=O)([O-])[O-])C(OP(=O)([O-])OP(=O)([O-])[O-])[C@H](OP(=O)([O-])[O-])[C@H]1OP(=O)([O-])[O-]. The topological polar surface area (TPSA) is 484 Å². The van der Waals surface area contributed by atoms with E-state index >= 15 is 0 Å². The molecule has 0 bridgehead atoms. The number of rotatable bonds is 14. The van der Waals surface area contributed by atoms with Crippen LogP contribution in [0.2, 0.25) is 0 Å². The summed E-state index contributed by atoms with van der Waals surface area (Å²) < 4.78 is 103. The predicted molar refractivity (Wildman–Crippen MR) is 83.6 cm³/mol. The molecule has 7 atom stereocenters. The second-order valence-corrected chi connectivity index (χ2v) is 14.8. The third kappa shape index (κ3) is 15.0. The van der Waals surface area contributed by atoms with Crippen molar-refractivity contribution in [2.45, 2.75) is 36.6 Å². The molecule has 0 aliphatic heterocycles. The van der Waals surface area contributed by atoms with E-state index in [2.05, 4.69) is 31.5 Å². The van der Waals surface area contributed by atoms with Crippen LogP contribution in [-0.2, 0) is 63.4 Å². The third-order valence-corrected chi connectivity index (χ3v) is 8.26. The molecular formula is C6H6O27P7-13. The first-order valence-electron chi connectivity index (χ1n) is 8.53. The molecule has 0 amide bonds. The molecule has 40 heavy (non-hydrogen) atoms. The number of phosphoric ester groups is 6. The predicted octanol–water partition coefficient (Wildman–Crippen LogP) is -11.2. The Kier molecular flexibility index (Phi) is 12.7. The second-order valence-electron chi connectivity index (χ2n) is 6.63. The Hall–Kier alpha value is 0.810. The molecule has 34 heteroatoms. The van der Waals surface area contributed by atoms with Crippen molar-refractivity contribution in [1.29, 1.82) is 0 Å². The smallest absolute Gasteiger partial charge is 0.272 e. The monoisotopic (exact) mass is 727 g/mol. The first-order valence-corrected chi connectivity index (χ1v) is 18.8. The van der Waals surface area contributed by atoms with Crippen LogP contribution in [0.15, 0.2) is 0 Å². The molecule has 240 valence electrons. The van der Waals surface area contributed by atoms with Crippen molar-refractivity contribution in [2.75, 3.05) is 0 Å². The lowest BCUT2D eigenvalue weighted by molar-refractivity contribution is -0.385. The van der Waals surface area contributed by atoms with Crippen LogP contribution in [0.5, 0.6) is 0 Å². The van der Waals surface area contributed by atoms with Gasteiger partial charge >= 0.3 is 0 Å². The maximum absolute atomic E-state index is 11.9. The van der Waals surface area contributed by atoms with Gasteiger partial charge in [0, 0.05) is 0 Å². The van der Waals surface area contributed by atoms with Gasteiger partial charge in [0.1, 0.15) is 36.6 Å². The van der Waals surface area contributed by atoms with E-state index in [1.807, 2.05) is 0 Å². The fourth-order valence-electron chi connectivity index (χ4n) is 2.88. The Balaban J connectivity index is 4.13. The Morgan fingerprint density at radius 3 is 0.625 bits per heavy atom. The summed E-state index contributed by atoms with van der Waals surface area (Å²) in [6.45, 7) is 0. The molecule has 0 aromatic heterocycles. The normalized spacial score (nSPS) is 29.2. The highest BCUT2D eigenvalue weighted by Crippen LogP contribution is 2.56. The lowest BCUT2D eigenvalue weighted by Gasteiger charge is -2.56. The maximum Gasteiger partial charge on any atom is 0.272 e. The zero-order valence-corrected chi connectivity index (χ0v) is 23.9. The minimum atomic E-state index is -6.97. The third-order valence-electron chi connectivity index (χ3n) is 3.65. The van der Waals surface area contributed by atoms with Crippen molar-refractivity contribution in [1.82, 2.24) is 0 Å². The van der Waals surface area contributed by atoms with Crippen LogP contribution in [0.4, 0.5) is 0 Å². The molecule has 3 unspecified atom stereocenters. The van der Waals surface area contributed by atoms with Gasteiger partial charge in [-0.3, -0.25) is 8.88 Å². The highest BCUT2D eigenvalue weighted by Gasteiger charge is 2.57. The number of hydrogen-bond acceptors (Lipinski definition) is 27. The summed E-state index contributed by atoms with van der Waals surface area (Å²) in [5.41, 5.74) is 0. The lowest BCUT2D eigenvalue weighted by atomic mass is 9.85. The van der Waals surface area contributed by atoms with Gasteiger partial charge in [0.2, 0.25) is 0 Å². The average Bonchev–Trinajstić information content (AvgIpc) is 2.57. The minimum absolute atomic E-state index is 2.91. The molecule has 0 spiro atoms. The molecule has 1 saturated carbocycles. The van der Waals surface area contributed by atoms with Crippen LogP contribution < -0.4 is 63.6 Å². The molecule has 0 aromatic carbocycles. The standard InChI is InChI=1S/C6H19O27P7/c7-34(8,9)27-1-2(28-35(10,11)12)4(30-37(16,17)18)6(32-40(25,26)33-39(22,23)24)5(31-38(19,20)21)3(1)29-36(13,14)15/h1-6H,(H,25,26)(H2,7,8,9)(H2,10,11,12)(H2,13,14,15)(H2,16,17,18)(H2,19,20,21)(H2,22,23,24)/p-13/t1?,2-,3+,4-,5-,6?/m1/s1. The molecule has 1 aliphatic rings. The van der Waals surface area contributed by atoms with Gasteiger partial charge < -0.3 is 118 Å². The van der Waals surface area contributed by atoms with Gasteiger partial charge in [0.05, 0.1) is 46.9 Å². The Bertz CT molecular complexity index is 1160. The van der Waals surface area contributed by atoms with Crippen molar-refractivity contribution in [3.8, 4) is 0 Å². The first-order chi connectivity index (χ1) is 17.3. The van der Waals surface area contributed by atoms with Crippen molar-refractivity contribution in [3.63, 3.8) is 0 Å². The summed E-state index contributed by atoms with van der Waals surface area (Å²) in [7, 11) is -47.8. The van der Waals surface area contributed by atoms with Gasteiger partial charge in [0.15, 0.2) is 0 Å². The largest absolute Gasteiger partial charge is 0.790 e. The highest BCUT2D eigenvalue weighted by atomic mass is 31.3. The molecule has 1 aliphatic carbocycles. The van der Waals surface area contributed by atoms with Crippen LogP contribution >= 0.6 is 54.8 Å². The second kappa shape index (κ2) is 13.0. The van der Waals surface area contributed by atoms with E-state index in [0.717, 1.165) is 0 Å². The zero-order chi connectivity index (χ0) is 31.9. The van der Waals surface area contributed by atoms with Crippen LogP contribution in [0.3, 0.4) is 0 Å². The van der Waals surface area contributed by atoms with E-state index in [4.69, 9.17) is 0 Å². The molecule has 0 aromatic rings. The van der Waals surface area contributed by atoms with E-state index in [0.29, 0.717) is 0 Å². The van der Waals surface area contributed by atoms with E-state index in [1.165, 1.54) is 0 Å². The summed E-state index contributed by atoms with van der Waals surface area (Å²) in [5, 5.41) is 0. The molecule has 0 N–H and O–H groups in total. The van der Waals surface area contributed by atoms with Gasteiger partial charge in [-0.2, -0.15) is 0 Å². The summed E-state index contributed by atoms with van der Waals surface area (Å²) in [4.78, 5) is 145. The Morgan fingerprint density at radius 1 is 0.300 bits per heavy atom. The average molecular weight is 727 g/mol. The molecule has 1 fully saturated rings. The molecule has 0 heterocycles. The quantitative estimate of drug-likeness (QED) is 0.150. The van der Waals surface area contributed by atoms with Crippen molar-refractivity contribution < 1.29 is 127 Å². The number of hydrogen-bond donors (Lipinski definition) is 0. The van der Waals surface area contributed by atoms with Crippen LogP contribution in [0, 0.1) is 0 Å². The Morgan fingerprint density at radius 2 is 0.475 bits per heavy atom. The van der Waals surface area contributed by atoms with Crippen molar-refractivity contribution in [3.05, 3.63) is 0 Å². The molecule has 1 rings (SSSR count). The zero-order valence-electron chi connectivity index (χ0n) is 17.6. The summed E-state index contributed by atoms with van der Waals surface area (Å²) >= 11 is 0. The number of phosphoric acid groups is 7. The maximum atomic E-state index is 11.9. The van der Waals surface area contributed by atoms with Crippen LogP contribution in [0.1, 0.15) is 0 Å². The highest BCUT2D eigenvalue weighted by molar-refractivity contribution is 7.58. The van der Waals surface area contributed by atoms with E-state index < -0.39 is 91.4 Å². The van der Waals surface area contributed by atoms with Crippen molar-refractivity contribution in [2.24, 2.45) is 0 Å². The summed E-state index contributed by atoms with van der Waals surface area (Å²) in [6.07, 6.45) is -22.5. The van der Waals surface area contributed by atoms with Gasteiger partial charge in [-0.05, 0) is 0 Å². The lowest BCUT2D eigenvalue weighted by Crippen LogP contribution is -2.68. The first kappa shape index (κ1) is 38.8. The van der Waals surface area contributed by atoms with Gasteiger partial charge in [-0.25, -0.2) is 0 Å². The van der Waals surface area contributed by atoms with Gasteiger partial charge in [0.25, 0.3) is 7.82 Å². The Labute approximate surface area is 219 Å².